The lowest BCUT2D eigenvalue weighted by Gasteiger charge is -2.13. The van der Waals surface area contributed by atoms with Crippen molar-refractivity contribution in [3.63, 3.8) is 0 Å². The van der Waals surface area contributed by atoms with E-state index in [1.165, 1.54) is 13.2 Å². The monoisotopic (exact) mass is 538 g/mol. The Labute approximate surface area is 192 Å². The normalized spacial score (nSPS) is 11.2. The van der Waals surface area contributed by atoms with Crippen molar-refractivity contribution in [2.75, 3.05) is 13.7 Å². The lowest BCUT2D eigenvalue weighted by atomic mass is 10.1. The van der Waals surface area contributed by atoms with Crippen molar-refractivity contribution in [2.24, 2.45) is 4.99 Å². The van der Waals surface area contributed by atoms with Crippen molar-refractivity contribution in [3.05, 3.63) is 40.8 Å². The van der Waals surface area contributed by atoms with Crippen molar-refractivity contribution in [3.8, 4) is 11.5 Å². The van der Waals surface area contributed by atoms with Gasteiger partial charge in [-0.15, -0.1) is 24.0 Å². The van der Waals surface area contributed by atoms with Crippen molar-refractivity contribution >= 4 is 29.9 Å². The summed E-state index contributed by atoms with van der Waals surface area (Å²) in [5.41, 5.74) is 2.68. The number of rotatable bonds is 10. The van der Waals surface area contributed by atoms with Gasteiger partial charge in [0.25, 0.3) is 0 Å². The molecule has 0 bridgehead atoms. The Bertz CT molecular complexity index is 794. The number of aliphatic imine (C=N–C) groups is 1. The molecule has 0 saturated heterocycles. The second-order valence-corrected chi connectivity index (χ2v) is 6.15. The van der Waals surface area contributed by atoms with Gasteiger partial charge in [-0.1, -0.05) is 25.1 Å². The van der Waals surface area contributed by atoms with Crippen LogP contribution in [0.5, 0.6) is 11.5 Å². The molecule has 0 aliphatic heterocycles. The summed E-state index contributed by atoms with van der Waals surface area (Å²) in [5, 5.41) is 10.6. The summed E-state index contributed by atoms with van der Waals surface area (Å²) in [6, 6.07) is 4.85. The molecule has 30 heavy (non-hydrogen) atoms. The topological polar surface area (TPSA) is 80.9 Å². The summed E-state index contributed by atoms with van der Waals surface area (Å²) < 4.78 is 40.2. The van der Waals surface area contributed by atoms with E-state index in [9.17, 15) is 8.78 Å². The molecule has 0 unspecified atom stereocenters. The Morgan fingerprint density at radius 3 is 2.53 bits per heavy atom. The summed E-state index contributed by atoms with van der Waals surface area (Å²) in [6.07, 6.45) is 1.55. The van der Waals surface area contributed by atoms with Crippen LogP contribution in [-0.4, -0.2) is 31.4 Å². The highest BCUT2D eigenvalue weighted by Gasteiger charge is 2.14. The molecule has 10 heteroatoms. The Kier molecular flexibility index (Phi) is 11.4. The standard InChI is InChI=1S/C20H28F2N4O3.HI/c1-5-15-14(16(6-2)29-26-15)12-25-20(23-7-3)24-11-13-8-9-17(27-4)18(10-13)28-19(21)22;/h8-10,19H,5-7,11-12H2,1-4H3,(H2,23,24,25);1H. The molecule has 0 spiro atoms. The first-order valence-electron chi connectivity index (χ1n) is 9.62. The van der Waals surface area contributed by atoms with Crippen LogP contribution in [0.4, 0.5) is 8.78 Å². The summed E-state index contributed by atoms with van der Waals surface area (Å²) in [5.74, 6) is 1.69. The van der Waals surface area contributed by atoms with E-state index in [0.29, 0.717) is 24.6 Å². The SMILES string of the molecule is CCNC(=NCc1ccc(OC)c(OC(F)F)c1)NCc1c(CC)noc1CC.I. The zero-order valence-corrected chi connectivity index (χ0v) is 20.0. The van der Waals surface area contributed by atoms with E-state index in [0.717, 1.165) is 29.9 Å². The molecule has 2 aromatic rings. The first-order chi connectivity index (χ1) is 14.0. The van der Waals surface area contributed by atoms with Crippen molar-refractivity contribution < 1.29 is 22.8 Å². The number of hydrogen-bond donors (Lipinski definition) is 2. The van der Waals surface area contributed by atoms with Crippen LogP contribution in [-0.2, 0) is 25.9 Å². The van der Waals surface area contributed by atoms with Crippen LogP contribution in [0, 0.1) is 0 Å². The van der Waals surface area contributed by atoms with E-state index in [1.54, 1.807) is 12.1 Å². The fourth-order valence-electron chi connectivity index (χ4n) is 2.83. The number of halogens is 3. The van der Waals surface area contributed by atoms with E-state index in [1.807, 2.05) is 20.8 Å². The smallest absolute Gasteiger partial charge is 0.387 e. The molecule has 0 aliphatic carbocycles. The van der Waals surface area contributed by atoms with Gasteiger partial charge in [0.2, 0.25) is 0 Å². The van der Waals surface area contributed by atoms with Gasteiger partial charge in [-0.2, -0.15) is 8.78 Å². The molecule has 2 rings (SSSR count). The molecule has 1 aromatic heterocycles. The minimum absolute atomic E-state index is 0. The van der Waals surface area contributed by atoms with Crippen LogP contribution in [0.25, 0.3) is 0 Å². The molecule has 0 fully saturated rings. The fraction of sp³-hybridized carbons (Fsp3) is 0.500. The predicted molar refractivity (Wildman–Crippen MR) is 122 cm³/mol. The molecule has 1 heterocycles. The molecule has 168 valence electrons. The second-order valence-electron chi connectivity index (χ2n) is 6.15. The van der Waals surface area contributed by atoms with Crippen molar-refractivity contribution in [2.45, 2.75) is 53.3 Å². The number of alkyl halides is 2. The fourth-order valence-corrected chi connectivity index (χ4v) is 2.83. The number of aromatic nitrogens is 1. The van der Waals surface area contributed by atoms with E-state index in [2.05, 4.69) is 25.5 Å². The third-order valence-corrected chi connectivity index (χ3v) is 4.25. The van der Waals surface area contributed by atoms with Gasteiger partial charge < -0.3 is 24.6 Å². The number of nitrogens with one attached hydrogen (secondary N) is 2. The third-order valence-electron chi connectivity index (χ3n) is 4.25. The molecular formula is C20H29F2IN4O3. The van der Waals surface area contributed by atoms with Crippen LogP contribution in [0.3, 0.4) is 0 Å². The average Bonchev–Trinajstić information content (AvgIpc) is 3.11. The lowest BCUT2D eigenvalue weighted by Crippen LogP contribution is -2.37. The number of nitrogens with zero attached hydrogens (tertiary/aromatic N) is 2. The maximum atomic E-state index is 12.6. The minimum Gasteiger partial charge on any atom is -0.493 e. The van der Waals surface area contributed by atoms with Crippen molar-refractivity contribution in [1.29, 1.82) is 0 Å². The molecule has 7 nitrogen and oxygen atoms in total. The van der Waals surface area contributed by atoms with Gasteiger partial charge in [0, 0.05) is 25.1 Å². The van der Waals surface area contributed by atoms with Gasteiger partial charge in [-0.05, 0) is 31.0 Å². The number of methoxy groups -OCH3 is 1. The molecule has 0 aliphatic rings. The highest BCUT2D eigenvalue weighted by molar-refractivity contribution is 14.0. The Hall–Kier alpha value is -2.11. The summed E-state index contributed by atoms with van der Waals surface area (Å²) in [7, 11) is 1.40. The largest absolute Gasteiger partial charge is 0.493 e. The zero-order chi connectivity index (χ0) is 21.2. The number of guanidine groups is 1. The number of benzene rings is 1. The van der Waals surface area contributed by atoms with Gasteiger partial charge in [-0.3, -0.25) is 0 Å². The van der Waals surface area contributed by atoms with Crippen molar-refractivity contribution in [1.82, 2.24) is 15.8 Å². The maximum Gasteiger partial charge on any atom is 0.387 e. The average molecular weight is 538 g/mol. The third kappa shape index (κ3) is 7.29. The molecular weight excluding hydrogens is 509 g/mol. The van der Waals surface area contributed by atoms with Gasteiger partial charge >= 0.3 is 6.61 Å². The quantitative estimate of drug-likeness (QED) is 0.267. The van der Waals surface area contributed by atoms with Crippen LogP contribution in [0.2, 0.25) is 0 Å². The van der Waals surface area contributed by atoms with Crippen LogP contribution < -0.4 is 20.1 Å². The molecule has 1 aromatic carbocycles. The number of aryl methyl sites for hydroxylation is 2. The lowest BCUT2D eigenvalue weighted by molar-refractivity contribution is -0.0512. The molecule has 0 saturated carbocycles. The molecule has 0 amide bonds. The minimum atomic E-state index is -2.93. The Morgan fingerprint density at radius 1 is 1.17 bits per heavy atom. The number of ether oxygens (including phenoxy) is 2. The van der Waals surface area contributed by atoms with Crippen LogP contribution in [0.15, 0.2) is 27.7 Å². The van der Waals surface area contributed by atoms with Gasteiger partial charge in [0.1, 0.15) is 5.76 Å². The Morgan fingerprint density at radius 2 is 1.93 bits per heavy atom. The first-order valence-corrected chi connectivity index (χ1v) is 9.62. The molecule has 0 radical (unpaired) electrons. The first kappa shape index (κ1) is 25.9. The number of hydrogen-bond acceptors (Lipinski definition) is 5. The molecule has 0 atom stereocenters. The zero-order valence-electron chi connectivity index (χ0n) is 17.6. The maximum absolute atomic E-state index is 12.6. The summed E-state index contributed by atoms with van der Waals surface area (Å²) in [6.45, 7) is 4.58. The van der Waals surface area contributed by atoms with Crippen LogP contribution in [0.1, 0.15) is 43.4 Å². The van der Waals surface area contributed by atoms with E-state index < -0.39 is 6.61 Å². The van der Waals surface area contributed by atoms with E-state index >= 15 is 0 Å². The highest BCUT2D eigenvalue weighted by atomic mass is 127. The van der Waals surface area contributed by atoms with E-state index in [-0.39, 0.29) is 42.0 Å². The summed E-state index contributed by atoms with van der Waals surface area (Å²) >= 11 is 0. The van der Waals surface area contributed by atoms with E-state index in [4.69, 9.17) is 9.26 Å². The van der Waals surface area contributed by atoms with Gasteiger partial charge in [0.05, 0.1) is 19.3 Å². The summed E-state index contributed by atoms with van der Waals surface area (Å²) in [4.78, 5) is 4.53. The Balaban J connectivity index is 0.00000450. The second kappa shape index (κ2) is 13.2. The molecule has 2 N–H and O–H groups in total. The van der Waals surface area contributed by atoms with Crippen LogP contribution >= 0.6 is 24.0 Å². The van der Waals surface area contributed by atoms with Gasteiger partial charge in [-0.25, -0.2) is 4.99 Å². The van der Waals surface area contributed by atoms with Gasteiger partial charge in [0.15, 0.2) is 17.5 Å². The highest BCUT2D eigenvalue weighted by Crippen LogP contribution is 2.29. The predicted octanol–water partition coefficient (Wildman–Crippen LogP) is 4.28.